The molecule has 5 heteroatoms. The standard InChI is InChI=1S/C15H21NO4/c1-12(7-6-10-14(17)16-19-2)15(18)20-11-13-8-4-3-5-9-13/h3-5,8-9,12H,6-7,10-11H2,1-2H3,(H,16,17)/t12-/m1/s1. The van der Waals surface area contributed by atoms with E-state index in [2.05, 4.69) is 10.3 Å². The molecule has 0 spiro atoms. The van der Waals surface area contributed by atoms with Crippen molar-refractivity contribution in [3.8, 4) is 0 Å². The monoisotopic (exact) mass is 279 g/mol. The largest absolute Gasteiger partial charge is 0.461 e. The fourth-order valence-corrected chi connectivity index (χ4v) is 1.72. The zero-order valence-electron chi connectivity index (χ0n) is 11.9. The molecule has 1 amide bonds. The molecule has 20 heavy (non-hydrogen) atoms. The van der Waals surface area contributed by atoms with E-state index in [1.165, 1.54) is 7.11 Å². The Bertz CT molecular complexity index is 419. The molecule has 0 aliphatic rings. The highest BCUT2D eigenvalue weighted by atomic mass is 16.6. The van der Waals surface area contributed by atoms with Gasteiger partial charge in [0.1, 0.15) is 6.61 Å². The van der Waals surface area contributed by atoms with Crippen LogP contribution in [0.2, 0.25) is 0 Å². The first kappa shape index (κ1) is 16.2. The molecule has 0 heterocycles. The molecule has 0 aliphatic carbocycles. The average Bonchev–Trinajstić information content (AvgIpc) is 2.46. The molecule has 1 aromatic carbocycles. The van der Waals surface area contributed by atoms with Crippen molar-refractivity contribution in [2.45, 2.75) is 32.8 Å². The Morgan fingerprint density at radius 1 is 1.25 bits per heavy atom. The maximum absolute atomic E-state index is 11.8. The van der Waals surface area contributed by atoms with E-state index in [0.717, 1.165) is 5.56 Å². The number of amides is 1. The highest BCUT2D eigenvalue weighted by molar-refractivity contribution is 5.75. The lowest BCUT2D eigenvalue weighted by Crippen LogP contribution is -2.22. The van der Waals surface area contributed by atoms with E-state index in [4.69, 9.17) is 4.74 Å². The van der Waals surface area contributed by atoms with E-state index in [1.807, 2.05) is 37.3 Å². The van der Waals surface area contributed by atoms with Gasteiger partial charge >= 0.3 is 5.97 Å². The third-order valence-electron chi connectivity index (χ3n) is 2.88. The molecule has 0 saturated heterocycles. The van der Waals surface area contributed by atoms with Crippen molar-refractivity contribution in [1.29, 1.82) is 0 Å². The second kappa shape index (κ2) is 9.09. The zero-order valence-corrected chi connectivity index (χ0v) is 11.9. The summed E-state index contributed by atoms with van der Waals surface area (Å²) in [4.78, 5) is 27.4. The van der Waals surface area contributed by atoms with Gasteiger partial charge in [-0.25, -0.2) is 5.48 Å². The molecule has 1 rings (SSSR count). The molecule has 1 N–H and O–H groups in total. The fourth-order valence-electron chi connectivity index (χ4n) is 1.72. The topological polar surface area (TPSA) is 64.6 Å². The molecular weight excluding hydrogens is 258 g/mol. The van der Waals surface area contributed by atoms with Gasteiger partial charge in [0.15, 0.2) is 0 Å². The van der Waals surface area contributed by atoms with Crippen LogP contribution >= 0.6 is 0 Å². The average molecular weight is 279 g/mol. The molecule has 0 aliphatic heterocycles. The van der Waals surface area contributed by atoms with E-state index >= 15 is 0 Å². The molecule has 0 saturated carbocycles. The van der Waals surface area contributed by atoms with Crippen molar-refractivity contribution in [2.24, 2.45) is 5.92 Å². The van der Waals surface area contributed by atoms with Crippen molar-refractivity contribution in [3.63, 3.8) is 0 Å². The van der Waals surface area contributed by atoms with E-state index in [0.29, 0.717) is 19.3 Å². The van der Waals surface area contributed by atoms with Gasteiger partial charge in [0.2, 0.25) is 5.91 Å². The van der Waals surface area contributed by atoms with E-state index < -0.39 is 0 Å². The van der Waals surface area contributed by atoms with Crippen molar-refractivity contribution in [1.82, 2.24) is 5.48 Å². The summed E-state index contributed by atoms with van der Waals surface area (Å²) >= 11 is 0. The number of esters is 1. The summed E-state index contributed by atoms with van der Waals surface area (Å²) in [7, 11) is 1.39. The van der Waals surface area contributed by atoms with Crippen LogP contribution in [0, 0.1) is 5.92 Å². The van der Waals surface area contributed by atoms with E-state index in [1.54, 1.807) is 0 Å². The molecule has 5 nitrogen and oxygen atoms in total. The predicted octanol–water partition coefficient (Wildman–Crippen LogP) is 2.21. The molecule has 1 aromatic rings. The SMILES string of the molecule is CONC(=O)CCC[C@@H](C)C(=O)OCc1ccccc1. The smallest absolute Gasteiger partial charge is 0.308 e. The van der Waals surface area contributed by atoms with Crippen molar-refractivity contribution in [3.05, 3.63) is 35.9 Å². The summed E-state index contributed by atoms with van der Waals surface area (Å²) in [6.07, 6.45) is 1.58. The summed E-state index contributed by atoms with van der Waals surface area (Å²) < 4.78 is 5.23. The van der Waals surface area contributed by atoms with Gasteiger partial charge in [-0.2, -0.15) is 0 Å². The normalized spacial score (nSPS) is 11.7. The Morgan fingerprint density at radius 2 is 1.95 bits per heavy atom. The number of ether oxygens (including phenoxy) is 1. The lowest BCUT2D eigenvalue weighted by Gasteiger charge is -2.11. The number of hydrogen-bond donors (Lipinski definition) is 1. The number of carbonyl (C=O) groups excluding carboxylic acids is 2. The number of carbonyl (C=O) groups is 2. The molecule has 0 aromatic heterocycles. The molecule has 0 radical (unpaired) electrons. The first-order valence-corrected chi connectivity index (χ1v) is 6.66. The van der Waals surface area contributed by atoms with Crippen LogP contribution in [0.1, 0.15) is 31.7 Å². The maximum atomic E-state index is 11.8. The molecule has 0 unspecified atom stereocenters. The summed E-state index contributed by atoms with van der Waals surface area (Å²) in [5.74, 6) is -0.632. The molecule has 1 atom stereocenters. The summed E-state index contributed by atoms with van der Waals surface area (Å²) in [5, 5.41) is 0. The zero-order chi connectivity index (χ0) is 14.8. The highest BCUT2D eigenvalue weighted by Crippen LogP contribution is 2.11. The number of nitrogens with one attached hydrogen (secondary N) is 1. The van der Waals surface area contributed by atoms with Crippen LogP contribution in [0.25, 0.3) is 0 Å². The Kier molecular flexibility index (Phi) is 7.35. The minimum atomic E-state index is -0.235. The molecule has 0 bridgehead atoms. The predicted molar refractivity (Wildman–Crippen MR) is 74.4 cm³/mol. The van der Waals surface area contributed by atoms with Gasteiger partial charge in [-0.3, -0.25) is 14.4 Å². The third kappa shape index (κ3) is 6.33. The molecule has 110 valence electrons. The van der Waals surface area contributed by atoms with Gasteiger partial charge in [-0.05, 0) is 18.4 Å². The number of benzene rings is 1. The Balaban J connectivity index is 2.21. The fraction of sp³-hybridized carbons (Fsp3) is 0.467. The van der Waals surface area contributed by atoms with Crippen LogP contribution in [0.5, 0.6) is 0 Å². The quantitative estimate of drug-likeness (QED) is 0.585. The Hall–Kier alpha value is -1.88. The van der Waals surface area contributed by atoms with Crippen molar-refractivity contribution < 1.29 is 19.2 Å². The van der Waals surface area contributed by atoms with Gasteiger partial charge in [0.25, 0.3) is 0 Å². The Labute approximate surface area is 119 Å². The Morgan fingerprint density at radius 3 is 2.60 bits per heavy atom. The minimum Gasteiger partial charge on any atom is -0.461 e. The minimum absolute atomic E-state index is 0.183. The van der Waals surface area contributed by atoms with Crippen LogP contribution in [0.3, 0.4) is 0 Å². The summed E-state index contributed by atoms with van der Waals surface area (Å²) in [6.45, 7) is 2.09. The molecular formula is C15H21NO4. The van der Waals surface area contributed by atoms with Crippen LogP contribution in [0.15, 0.2) is 30.3 Å². The second-order valence-electron chi connectivity index (χ2n) is 4.62. The van der Waals surface area contributed by atoms with Crippen LogP contribution in [0.4, 0.5) is 0 Å². The lowest BCUT2D eigenvalue weighted by molar-refractivity contribution is -0.149. The number of rotatable bonds is 8. The van der Waals surface area contributed by atoms with Crippen LogP contribution in [-0.4, -0.2) is 19.0 Å². The number of hydrogen-bond acceptors (Lipinski definition) is 4. The van der Waals surface area contributed by atoms with Crippen molar-refractivity contribution >= 4 is 11.9 Å². The van der Waals surface area contributed by atoms with Crippen molar-refractivity contribution in [2.75, 3.05) is 7.11 Å². The van der Waals surface area contributed by atoms with Crippen LogP contribution in [-0.2, 0) is 25.8 Å². The van der Waals surface area contributed by atoms with Gasteiger partial charge in [0.05, 0.1) is 13.0 Å². The van der Waals surface area contributed by atoms with E-state index in [9.17, 15) is 9.59 Å². The number of hydroxylamine groups is 1. The van der Waals surface area contributed by atoms with Gasteiger partial charge in [-0.15, -0.1) is 0 Å². The van der Waals surface area contributed by atoms with Crippen LogP contribution < -0.4 is 5.48 Å². The summed E-state index contributed by atoms with van der Waals surface area (Å²) in [5.41, 5.74) is 3.21. The summed E-state index contributed by atoms with van der Waals surface area (Å²) in [6, 6.07) is 9.54. The molecule has 0 fully saturated rings. The third-order valence-corrected chi connectivity index (χ3v) is 2.88. The first-order chi connectivity index (χ1) is 9.63. The lowest BCUT2D eigenvalue weighted by atomic mass is 10.0. The maximum Gasteiger partial charge on any atom is 0.308 e. The highest BCUT2D eigenvalue weighted by Gasteiger charge is 2.14. The van der Waals surface area contributed by atoms with E-state index in [-0.39, 0.29) is 24.4 Å². The van der Waals surface area contributed by atoms with Gasteiger partial charge in [-0.1, -0.05) is 37.3 Å². The van der Waals surface area contributed by atoms with Gasteiger partial charge in [0, 0.05) is 6.42 Å². The second-order valence-corrected chi connectivity index (χ2v) is 4.62. The first-order valence-electron chi connectivity index (χ1n) is 6.66. The van der Waals surface area contributed by atoms with Gasteiger partial charge < -0.3 is 4.74 Å².